The summed E-state index contributed by atoms with van der Waals surface area (Å²) in [5.74, 6) is 0. The summed E-state index contributed by atoms with van der Waals surface area (Å²) in [5, 5.41) is 2.93. The number of aryl methyl sites for hydroxylation is 1. The van der Waals surface area contributed by atoms with Gasteiger partial charge in [0.25, 0.3) is 0 Å². The summed E-state index contributed by atoms with van der Waals surface area (Å²) in [6.07, 6.45) is 1.68. The first-order valence-corrected chi connectivity index (χ1v) is 6.97. The van der Waals surface area contributed by atoms with E-state index in [2.05, 4.69) is 30.4 Å². The van der Waals surface area contributed by atoms with Crippen LogP contribution in [0.15, 0.2) is 24.3 Å². The second kappa shape index (κ2) is 6.93. The topological polar surface area (TPSA) is 52.7 Å². The summed E-state index contributed by atoms with van der Waals surface area (Å²) in [6.45, 7) is 5.15. The normalized spacial score (nSPS) is 15.1. The molecule has 1 heterocycles. The molecule has 0 atom stereocenters. The lowest BCUT2D eigenvalue weighted by Crippen LogP contribution is -2.51. The number of hydrogen-bond donors (Lipinski definition) is 1. The highest BCUT2D eigenvalue weighted by Crippen LogP contribution is 2.04. The molecular weight excluding hydrogens is 254 g/mol. The third kappa shape index (κ3) is 3.98. The van der Waals surface area contributed by atoms with Gasteiger partial charge in [-0.1, -0.05) is 29.8 Å². The Hall–Kier alpha value is -2.04. The fourth-order valence-electron chi connectivity index (χ4n) is 2.32. The molecule has 1 aromatic rings. The summed E-state index contributed by atoms with van der Waals surface area (Å²) < 4.78 is 0. The maximum Gasteiger partial charge on any atom is 0.317 e. The Bertz CT molecular complexity index is 468. The monoisotopic (exact) mass is 275 g/mol. The van der Waals surface area contributed by atoms with Gasteiger partial charge in [-0.05, 0) is 18.9 Å². The molecule has 0 aromatic heterocycles. The number of piperazine rings is 1. The van der Waals surface area contributed by atoms with Gasteiger partial charge in [0, 0.05) is 32.7 Å². The first kappa shape index (κ1) is 14.4. The van der Waals surface area contributed by atoms with Crippen molar-refractivity contribution in [3.8, 4) is 0 Å². The Balaban J connectivity index is 1.71. The Labute approximate surface area is 119 Å². The van der Waals surface area contributed by atoms with Crippen LogP contribution >= 0.6 is 0 Å². The summed E-state index contributed by atoms with van der Waals surface area (Å²) in [4.78, 5) is 26.0. The molecule has 1 aliphatic rings. The van der Waals surface area contributed by atoms with Crippen molar-refractivity contribution in [2.75, 3.05) is 32.7 Å². The highest BCUT2D eigenvalue weighted by atomic mass is 16.2. The number of benzene rings is 1. The number of carbonyl (C=O) groups excluding carboxylic acids is 2. The lowest BCUT2D eigenvalue weighted by atomic mass is 10.1. The summed E-state index contributed by atoms with van der Waals surface area (Å²) >= 11 is 0. The van der Waals surface area contributed by atoms with Crippen LogP contribution in [0.25, 0.3) is 0 Å². The van der Waals surface area contributed by atoms with Gasteiger partial charge in [0.2, 0.25) is 6.41 Å². The van der Waals surface area contributed by atoms with E-state index in [1.54, 1.807) is 9.80 Å². The predicted octanol–water partition coefficient (Wildman–Crippen LogP) is 1.02. The third-order valence-electron chi connectivity index (χ3n) is 3.52. The van der Waals surface area contributed by atoms with Crippen LogP contribution in [0.1, 0.15) is 11.1 Å². The van der Waals surface area contributed by atoms with Gasteiger partial charge in [-0.3, -0.25) is 4.79 Å². The van der Waals surface area contributed by atoms with Crippen molar-refractivity contribution in [2.24, 2.45) is 0 Å². The second-order valence-electron chi connectivity index (χ2n) is 5.10. The average Bonchev–Trinajstić information content (AvgIpc) is 2.47. The molecule has 0 unspecified atom stereocenters. The van der Waals surface area contributed by atoms with E-state index in [0.717, 1.165) is 12.8 Å². The van der Waals surface area contributed by atoms with Gasteiger partial charge in [-0.25, -0.2) is 4.79 Å². The number of nitrogens with one attached hydrogen (secondary N) is 1. The number of amides is 3. The van der Waals surface area contributed by atoms with E-state index in [-0.39, 0.29) is 6.03 Å². The fourth-order valence-corrected chi connectivity index (χ4v) is 2.32. The van der Waals surface area contributed by atoms with Gasteiger partial charge in [0.05, 0.1) is 0 Å². The van der Waals surface area contributed by atoms with Gasteiger partial charge in [0.15, 0.2) is 0 Å². The van der Waals surface area contributed by atoms with E-state index in [1.807, 2.05) is 6.07 Å². The quantitative estimate of drug-likeness (QED) is 0.834. The van der Waals surface area contributed by atoms with Crippen molar-refractivity contribution in [3.63, 3.8) is 0 Å². The zero-order chi connectivity index (χ0) is 14.4. The lowest BCUT2D eigenvalue weighted by molar-refractivity contribution is -0.119. The SMILES string of the molecule is Cc1cccc(CCNC(=O)N2CCN(C=O)CC2)c1. The van der Waals surface area contributed by atoms with Crippen LogP contribution in [0.2, 0.25) is 0 Å². The van der Waals surface area contributed by atoms with Crippen molar-refractivity contribution in [2.45, 2.75) is 13.3 Å². The first-order chi connectivity index (χ1) is 9.69. The van der Waals surface area contributed by atoms with Crippen molar-refractivity contribution < 1.29 is 9.59 Å². The molecule has 0 bridgehead atoms. The molecule has 2 rings (SSSR count). The molecule has 1 aromatic carbocycles. The minimum Gasteiger partial charge on any atom is -0.342 e. The number of carbonyl (C=O) groups is 2. The van der Waals surface area contributed by atoms with Gasteiger partial charge in [0.1, 0.15) is 0 Å². The molecule has 5 nitrogen and oxygen atoms in total. The van der Waals surface area contributed by atoms with Crippen LogP contribution in [0, 0.1) is 6.92 Å². The molecule has 0 spiro atoms. The van der Waals surface area contributed by atoms with Crippen LogP contribution in [0.5, 0.6) is 0 Å². The minimum atomic E-state index is -0.0387. The zero-order valence-electron chi connectivity index (χ0n) is 11.8. The molecule has 0 radical (unpaired) electrons. The largest absolute Gasteiger partial charge is 0.342 e. The third-order valence-corrected chi connectivity index (χ3v) is 3.52. The van der Waals surface area contributed by atoms with E-state index < -0.39 is 0 Å². The van der Waals surface area contributed by atoms with Crippen molar-refractivity contribution in [1.29, 1.82) is 0 Å². The van der Waals surface area contributed by atoms with E-state index in [1.165, 1.54) is 11.1 Å². The van der Waals surface area contributed by atoms with Crippen LogP contribution in [0.4, 0.5) is 4.79 Å². The number of nitrogens with zero attached hydrogens (tertiary/aromatic N) is 2. The fraction of sp³-hybridized carbons (Fsp3) is 0.467. The Morgan fingerprint density at radius 1 is 1.30 bits per heavy atom. The minimum absolute atomic E-state index is 0.0387. The van der Waals surface area contributed by atoms with E-state index in [4.69, 9.17) is 0 Å². The molecule has 3 amide bonds. The molecule has 1 N–H and O–H groups in total. The number of hydrogen-bond acceptors (Lipinski definition) is 2. The van der Waals surface area contributed by atoms with Gasteiger partial charge in [-0.2, -0.15) is 0 Å². The Morgan fingerprint density at radius 2 is 2.05 bits per heavy atom. The zero-order valence-corrected chi connectivity index (χ0v) is 11.8. The summed E-state index contributed by atoms with van der Waals surface area (Å²) in [6, 6.07) is 8.26. The average molecular weight is 275 g/mol. The van der Waals surface area contributed by atoms with Crippen molar-refractivity contribution in [1.82, 2.24) is 15.1 Å². The molecular formula is C15H21N3O2. The Morgan fingerprint density at radius 3 is 2.70 bits per heavy atom. The molecule has 20 heavy (non-hydrogen) atoms. The van der Waals surface area contributed by atoms with Crippen molar-refractivity contribution in [3.05, 3.63) is 35.4 Å². The summed E-state index contributed by atoms with van der Waals surface area (Å²) in [7, 11) is 0. The molecule has 1 saturated heterocycles. The number of rotatable bonds is 4. The number of urea groups is 1. The van der Waals surface area contributed by atoms with Gasteiger partial charge in [-0.15, -0.1) is 0 Å². The predicted molar refractivity (Wildman–Crippen MR) is 77.5 cm³/mol. The maximum atomic E-state index is 12.0. The van der Waals surface area contributed by atoms with E-state index >= 15 is 0 Å². The highest BCUT2D eigenvalue weighted by molar-refractivity contribution is 5.74. The van der Waals surface area contributed by atoms with Crippen LogP contribution in [-0.2, 0) is 11.2 Å². The second-order valence-corrected chi connectivity index (χ2v) is 5.10. The van der Waals surface area contributed by atoms with E-state index in [0.29, 0.717) is 32.7 Å². The molecule has 108 valence electrons. The highest BCUT2D eigenvalue weighted by Gasteiger charge is 2.19. The van der Waals surface area contributed by atoms with Crippen LogP contribution < -0.4 is 5.32 Å². The molecule has 1 fully saturated rings. The molecule has 0 saturated carbocycles. The standard InChI is InChI=1S/C15H21N3O2/c1-13-3-2-4-14(11-13)5-6-16-15(20)18-9-7-17(12-19)8-10-18/h2-4,11-12H,5-10H2,1H3,(H,16,20). The molecule has 0 aliphatic carbocycles. The van der Waals surface area contributed by atoms with Gasteiger partial charge >= 0.3 is 6.03 Å². The maximum absolute atomic E-state index is 12.0. The first-order valence-electron chi connectivity index (χ1n) is 6.97. The van der Waals surface area contributed by atoms with E-state index in [9.17, 15) is 9.59 Å². The van der Waals surface area contributed by atoms with Crippen LogP contribution in [-0.4, -0.2) is 55.0 Å². The molecule has 1 aliphatic heterocycles. The molecule has 5 heteroatoms. The van der Waals surface area contributed by atoms with Crippen LogP contribution in [0.3, 0.4) is 0 Å². The summed E-state index contributed by atoms with van der Waals surface area (Å²) in [5.41, 5.74) is 2.47. The van der Waals surface area contributed by atoms with Crippen molar-refractivity contribution >= 4 is 12.4 Å². The smallest absolute Gasteiger partial charge is 0.317 e. The Kier molecular flexibility index (Phi) is 4.98. The van der Waals surface area contributed by atoms with Gasteiger partial charge < -0.3 is 15.1 Å². The lowest BCUT2D eigenvalue weighted by Gasteiger charge is -2.32.